The molecular weight excluding hydrogens is 369 g/mol. The van der Waals surface area contributed by atoms with Crippen molar-refractivity contribution in [3.8, 4) is 11.5 Å². The lowest BCUT2D eigenvalue weighted by Gasteiger charge is -2.37. The molecule has 1 saturated carbocycles. The smallest absolute Gasteiger partial charge is 0.231 e. The first kappa shape index (κ1) is 18.4. The number of fused-ring (bicyclic) bond motifs is 2. The molecule has 0 aromatic heterocycles. The number of hydrogen-bond acceptors (Lipinski definition) is 4. The predicted molar refractivity (Wildman–Crippen MR) is 108 cm³/mol. The summed E-state index contributed by atoms with van der Waals surface area (Å²) in [5.74, 6) is 1.11. The number of nitrogens with zero attached hydrogens (tertiary/aromatic N) is 1. The molecule has 1 aliphatic carbocycles. The van der Waals surface area contributed by atoms with Gasteiger partial charge >= 0.3 is 0 Å². The molecule has 0 spiro atoms. The maximum absolute atomic E-state index is 13.5. The van der Waals surface area contributed by atoms with Gasteiger partial charge in [0, 0.05) is 23.7 Å². The Morgan fingerprint density at radius 3 is 2.76 bits per heavy atom. The van der Waals surface area contributed by atoms with Crippen molar-refractivity contribution in [1.82, 2.24) is 4.90 Å². The fourth-order valence-corrected chi connectivity index (χ4v) is 4.69. The van der Waals surface area contributed by atoms with Gasteiger partial charge in [0.1, 0.15) is 24.0 Å². The molecule has 0 bridgehead atoms. The van der Waals surface area contributed by atoms with E-state index in [4.69, 9.17) is 9.47 Å². The molecule has 5 heteroatoms. The highest BCUT2D eigenvalue weighted by molar-refractivity contribution is 6.15. The number of carbonyl (C=O) groups excluding carboxylic acids is 1. The Morgan fingerprint density at radius 1 is 1.14 bits per heavy atom. The topological polar surface area (TPSA) is 38.8 Å². The second kappa shape index (κ2) is 7.30. The SMILES string of the molecule is Cc1c2c(cc3c1O/C(=C\c1cccc(F)c1)C3=O)CN(C1CCCCC1)CO2. The Morgan fingerprint density at radius 2 is 1.97 bits per heavy atom. The normalized spacial score (nSPS) is 20.9. The summed E-state index contributed by atoms with van der Waals surface area (Å²) in [5.41, 5.74) is 3.07. The highest BCUT2D eigenvalue weighted by Gasteiger charge is 2.34. The summed E-state index contributed by atoms with van der Waals surface area (Å²) in [6.07, 6.45) is 7.89. The molecule has 5 rings (SSSR count). The Labute approximate surface area is 169 Å². The summed E-state index contributed by atoms with van der Waals surface area (Å²) in [7, 11) is 0. The first-order valence-corrected chi connectivity index (χ1v) is 10.3. The minimum atomic E-state index is -0.342. The molecule has 1 fully saturated rings. The molecule has 0 saturated heterocycles. The largest absolute Gasteiger partial charge is 0.477 e. The molecule has 4 nitrogen and oxygen atoms in total. The van der Waals surface area contributed by atoms with Gasteiger partial charge in [-0.15, -0.1) is 0 Å². The predicted octanol–water partition coefficient (Wildman–Crippen LogP) is 5.23. The summed E-state index contributed by atoms with van der Waals surface area (Å²) in [5, 5.41) is 0. The van der Waals surface area contributed by atoms with E-state index in [9.17, 15) is 9.18 Å². The number of Topliss-reactive ketones (excluding diaryl/α,β-unsaturated/α-hetero) is 1. The summed E-state index contributed by atoms with van der Waals surface area (Å²) >= 11 is 0. The van der Waals surface area contributed by atoms with Crippen LogP contribution < -0.4 is 9.47 Å². The molecule has 29 heavy (non-hydrogen) atoms. The van der Waals surface area contributed by atoms with E-state index in [1.807, 2.05) is 13.0 Å². The Balaban J connectivity index is 1.45. The zero-order valence-electron chi connectivity index (χ0n) is 16.5. The number of ether oxygens (including phenoxy) is 2. The van der Waals surface area contributed by atoms with Gasteiger partial charge in [-0.25, -0.2) is 4.39 Å². The lowest BCUT2D eigenvalue weighted by molar-refractivity contribution is 0.0397. The second-order valence-electron chi connectivity index (χ2n) is 8.17. The van der Waals surface area contributed by atoms with E-state index in [-0.39, 0.29) is 17.4 Å². The van der Waals surface area contributed by atoms with E-state index in [1.165, 1.54) is 44.2 Å². The van der Waals surface area contributed by atoms with E-state index in [0.29, 0.717) is 29.6 Å². The molecule has 2 aromatic carbocycles. The summed E-state index contributed by atoms with van der Waals surface area (Å²) in [6, 6.07) is 8.60. The number of allylic oxidation sites excluding steroid dienone is 1. The van der Waals surface area contributed by atoms with Crippen LogP contribution in [0, 0.1) is 12.7 Å². The van der Waals surface area contributed by atoms with Crippen molar-refractivity contribution >= 4 is 11.9 Å². The molecule has 0 atom stereocenters. The van der Waals surface area contributed by atoms with Crippen molar-refractivity contribution in [3.63, 3.8) is 0 Å². The highest BCUT2D eigenvalue weighted by atomic mass is 19.1. The molecule has 0 N–H and O–H groups in total. The minimum absolute atomic E-state index is 0.162. The van der Waals surface area contributed by atoms with Crippen molar-refractivity contribution in [2.24, 2.45) is 0 Å². The third-order valence-electron chi connectivity index (χ3n) is 6.20. The van der Waals surface area contributed by atoms with Crippen LogP contribution in [-0.4, -0.2) is 23.5 Å². The Hall–Kier alpha value is -2.66. The molecule has 0 unspecified atom stereocenters. The fourth-order valence-electron chi connectivity index (χ4n) is 4.69. The van der Waals surface area contributed by atoms with Crippen molar-refractivity contribution in [1.29, 1.82) is 0 Å². The van der Waals surface area contributed by atoms with Gasteiger partial charge < -0.3 is 9.47 Å². The van der Waals surface area contributed by atoms with E-state index in [0.717, 1.165) is 23.4 Å². The number of hydrogen-bond donors (Lipinski definition) is 0. The Bertz CT molecular complexity index is 1010. The molecule has 150 valence electrons. The van der Waals surface area contributed by atoms with Crippen LogP contribution in [0.4, 0.5) is 4.39 Å². The summed E-state index contributed by atoms with van der Waals surface area (Å²) < 4.78 is 25.5. The van der Waals surface area contributed by atoms with Crippen molar-refractivity contribution in [2.45, 2.75) is 51.6 Å². The van der Waals surface area contributed by atoms with Crippen LogP contribution in [0.2, 0.25) is 0 Å². The number of rotatable bonds is 2. The van der Waals surface area contributed by atoms with E-state index >= 15 is 0 Å². The molecule has 0 amide bonds. The molecular formula is C24H24FNO3. The van der Waals surface area contributed by atoms with Gasteiger partial charge in [-0.3, -0.25) is 9.69 Å². The zero-order chi connectivity index (χ0) is 20.0. The number of halogens is 1. The molecule has 2 heterocycles. The number of benzene rings is 2. The number of carbonyl (C=O) groups is 1. The van der Waals surface area contributed by atoms with E-state index in [1.54, 1.807) is 18.2 Å². The van der Waals surface area contributed by atoms with Gasteiger partial charge in [-0.1, -0.05) is 31.4 Å². The first-order valence-electron chi connectivity index (χ1n) is 10.3. The van der Waals surface area contributed by atoms with Crippen LogP contribution in [0.5, 0.6) is 11.5 Å². The summed E-state index contributed by atoms with van der Waals surface area (Å²) in [4.78, 5) is 15.4. The first-order chi connectivity index (χ1) is 14.1. The van der Waals surface area contributed by atoms with Crippen molar-refractivity contribution < 1.29 is 18.7 Å². The molecule has 2 aliphatic heterocycles. The third-order valence-corrected chi connectivity index (χ3v) is 6.20. The lowest BCUT2D eigenvalue weighted by atomic mass is 9.93. The van der Waals surface area contributed by atoms with Gasteiger partial charge in [0.05, 0.1) is 5.56 Å². The van der Waals surface area contributed by atoms with Gasteiger partial charge in [-0.2, -0.15) is 0 Å². The monoisotopic (exact) mass is 393 g/mol. The van der Waals surface area contributed by atoms with Crippen LogP contribution in [0.1, 0.15) is 59.2 Å². The van der Waals surface area contributed by atoms with Crippen molar-refractivity contribution in [3.05, 3.63) is 64.2 Å². The van der Waals surface area contributed by atoms with Crippen LogP contribution in [0.15, 0.2) is 36.1 Å². The zero-order valence-corrected chi connectivity index (χ0v) is 16.5. The highest BCUT2D eigenvalue weighted by Crippen LogP contribution is 2.43. The average molecular weight is 393 g/mol. The van der Waals surface area contributed by atoms with Crippen LogP contribution in [0.25, 0.3) is 6.08 Å². The maximum atomic E-state index is 13.5. The van der Waals surface area contributed by atoms with Crippen LogP contribution >= 0.6 is 0 Å². The average Bonchev–Trinajstić information content (AvgIpc) is 3.04. The van der Waals surface area contributed by atoms with E-state index in [2.05, 4.69) is 4.90 Å². The lowest BCUT2D eigenvalue weighted by Crippen LogP contribution is -2.41. The molecule has 2 aromatic rings. The van der Waals surface area contributed by atoms with Gasteiger partial charge in [0.2, 0.25) is 5.78 Å². The van der Waals surface area contributed by atoms with Gasteiger partial charge in [-0.05, 0) is 49.6 Å². The van der Waals surface area contributed by atoms with Gasteiger partial charge in [0.25, 0.3) is 0 Å². The fraction of sp³-hybridized carbons (Fsp3) is 0.375. The molecule has 0 radical (unpaired) electrons. The standard InChI is InChI=1S/C24H24FNO3/c1-15-23-17(13-26(14-28-23)19-8-3-2-4-9-19)12-20-22(27)21(29-24(15)20)11-16-6-5-7-18(25)10-16/h5-7,10-12,19H,2-4,8-9,13-14H2,1H3/b21-11-. The third kappa shape index (κ3) is 3.33. The van der Waals surface area contributed by atoms with Crippen LogP contribution in [0.3, 0.4) is 0 Å². The van der Waals surface area contributed by atoms with Crippen molar-refractivity contribution in [2.75, 3.05) is 6.73 Å². The summed E-state index contributed by atoms with van der Waals surface area (Å²) in [6.45, 7) is 3.31. The van der Waals surface area contributed by atoms with Crippen LogP contribution in [-0.2, 0) is 6.54 Å². The quantitative estimate of drug-likeness (QED) is 0.655. The Kier molecular flexibility index (Phi) is 4.63. The second-order valence-corrected chi connectivity index (χ2v) is 8.17. The minimum Gasteiger partial charge on any atom is -0.477 e. The maximum Gasteiger partial charge on any atom is 0.231 e. The van der Waals surface area contributed by atoms with Gasteiger partial charge in [0.15, 0.2) is 5.76 Å². The van der Waals surface area contributed by atoms with E-state index < -0.39 is 0 Å². The number of ketones is 1. The molecule has 3 aliphatic rings.